The molecule has 0 saturated heterocycles. The lowest BCUT2D eigenvalue weighted by Crippen LogP contribution is -2.17. The standard InChI is InChI=1S/C14H23NO2S/c1-11-8-13(9-12(2)14(11)17)10-15-4-7-18-6-3-5-16/h8-9,15-17H,3-7,10H2,1-2H3. The van der Waals surface area contributed by atoms with Crippen LogP contribution in [0.25, 0.3) is 0 Å². The first-order chi connectivity index (χ1) is 8.65. The second-order valence-electron chi connectivity index (χ2n) is 4.44. The van der Waals surface area contributed by atoms with E-state index in [1.54, 1.807) is 0 Å². The van der Waals surface area contributed by atoms with Crippen LogP contribution in [0.4, 0.5) is 0 Å². The molecule has 0 unspecified atom stereocenters. The lowest BCUT2D eigenvalue weighted by atomic mass is 10.1. The number of nitrogens with one attached hydrogen (secondary N) is 1. The van der Waals surface area contributed by atoms with Crippen molar-refractivity contribution in [1.82, 2.24) is 5.32 Å². The van der Waals surface area contributed by atoms with Crippen molar-refractivity contribution in [2.75, 3.05) is 24.7 Å². The normalized spacial score (nSPS) is 10.8. The van der Waals surface area contributed by atoms with Gasteiger partial charge in [0, 0.05) is 25.4 Å². The summed E-state index contributed by atoms with van der Waals surface area (Å²) in [5, 5.41) is 21.7. The summed E-state index contributed by atoms with van der Waals surface area (Å²) in [7, 11) is 0. The van der Waals surface area contributed by atoms with Crippen LogP contribution in [-0.4, -0.2) is 34.9 Å². The Bertz CT molecular complexity index is 346. The van der Waals surface area contributed by atoms with Gasteiger partial charge in [0.15, 0.2) is 0 Å². The molecule has 4 heteroatoms. The number of phenolic OH excluding ortho intramolecular Hbond substituents is 1. The van der Waals surface area contributed by atoms with E-state index in [0.29, 0.717) is 5.75 Å². The van der Waals surface area contributed by atoms with E-state index in [9.17, 15) is 5.11 Å². The van der Waals surface area contributed by atoms with Gasteiger partial charge in [-0.3, -0.25) is 0 Å². The van der Waals surface area contributed by atoms with Crippen molar-refractivity contribution in [1.29, 1.82) is 0 Å². The number of hydrogen-bond donors (Lipinski definition) is 3. The Balaban J connectivity index is 2.23. The van der Waals surface area contributed by atoms with Gasteiger partial charge >= 0.3 is 0 Å². The predicted octanol–water partition coefficient (Wildman–Crippen LogP) is 2.21. The highest BCUT2D eigenvalue weighted by atomic mass is 32.2. The van der Waals surface area contributed by atoms with Crippen LogP contribution < -0.4 is 5.32 Å². The average Bonchev–Trinajstić information content (AvgIpc) is 2.34. The van der Waals surface area contributed by atoms with E-state index in [0.717, 1.165) is 42.1 Å². The van der Waals surface area contributed by atoms with E-state index in [2.05, 4.69) is 5.32 Å². The van der Waals surface area contributed by atoms with Crippen LogP contribution in [0.1, 0.15) is 23.1 Å². The molecule has 0 aliphatic carbocycles. The molecule has 0 aromatic heterocycles. The topological polar surface area (TPSA) is 52.5 Å². The summed E-state index contributed by atoms with van der Waals surface area (Å²) in [5.74, 6) is 2.49. The molecule has 0 spiro atoms. The minimum absolute atomic E-state index is 0.284. The molecule has 1 rings (SSSR count). The Morgan fingerprint density at radius 2 is 1.83 bits per heavy atom. The molecule has 0 bridgehead atoms. The van der Waals surface area contributed by atoms with Gasteiger partial charge in [-0.15, -0.1) is 0 Å². The Kier molecular flexibility index (Phi) is 7.16. The number of aliphatic hydroxyl groups is 1. The smallest absolute Gasteiger partial charge is 0.121 e. The molecule has 0 fully saturated rings. The highest BCUT2D eigenvalue weighted by Gasteiger charge is 2.02. The van der Waals surface area contributed by atoms with Crippen molar-refractivity contribution >= 4 is 11.8 Å². The molecule has 0 amide bonds. The van der Waals surface area contributed by atoms with Gasteiger partial charge < -0.3 is 15.5 Å². The van der Waals surface area contributed by atoms with Crippen LogP contribution in [-0.2, 0) is 6.54 Å². The molecule has 3 N–H and O–H groups in total. The zero-order valence-electron chi connectivity index (χ0n) is 11.2. The van der Waals surface area contributed by atoms with Gasteiger partial charge in [-0.1, -0.05) is 12.1 Å². The van der Waals surface area contributed by atoms with Crippen molar-refractivity contribution in [3.8, 4) is 5.75 Å². The van der Waals surface area contributed by atoms with Crippen molar-refractivity contribution < 1.29 is 10.2 Å². The quantitative estimate of drug-likeness (QED) is 0.633. The summed E-state index contributed by atoms with van der Waals surface area (Å²) in [6.07, 6.45) is 0.876. The number of aryl methyl sites for hydroxylation is 2. The second-order valence-corrected chi connectivity index (χ2v) is 5.67. The molecule has 1 aromatic carbocycles. The fraction of sp³-hybridized carbons (Fsp3) is 0.571. The van der Waals surface area contributed by atoms with E-state index in [4.69, 9.17) is 5.11 Å². The highest BCUT2D eigenvalue weighted by Crippen LogP contribution is 2.22. The first-order valence-corrected chi connectivity index (χ1v) is 7.49. The van der Waals surface area contributed by atoms with E-state index in [1.165, 1.54) is 5.56 Å². The monoisotopic (exact) mass is 269 g/mol. The minimum atomic E-state index is 0.284. The lowest BCUT2D eigenvalue weighted by Gasteiger charge is -2.09. The summed E-state index contributed by atoms with van der Waals surface area (Å²) >= 11 is 1.86. The summed E-state index contributed by atoms with van der Waals surface area (Å²) in [6, 6.07) is 4.04. The predicted molar refractivity (Wildman–Crippen MR) is 78.3 cm³/mol. The Hall–Kier alpha value is -0.710. The van der Waals surface area contributed by atoms with Gasteiger partial charge in [0.05, 0.1) is 0 Å². The molecule has 18 heavy (non-hydrogen) atoms. The van der Waals surface area contributed by atoms with Crippen molar-refractivity contribution in [2.45, 2.75) is 26.8 Å². The zero-order chi connectivity index (χ0) is 13.4. The van der Waals surface area contributed by atoms with Crippen LogP contribution in [0.15, 0.2) is 12.1 Å². The number of aromatic hydroxyl groups is 1. The maximum absolute atomic E-state index is 9.68. The van der Waals surface area contributed by atoms with Crippen molar-refractivity contribution in [2.24, 2.45) is 0 Å². The SMILES string of the molecule is Cc1cc(CNCCSCCCO)cc(C)c1O. The molecule has 102 valence electrons. The van der Waals surface area contributed by atoms with Gasteiger partial charge in [-0.05, 0) is 42.7 Å². The molecular weight excluding hydrogens is 246 g/mol. The number of aliphatic hydroxyl groups excluding tert-OH is 1. The van der Waals surface area contributed by atoms with E-state index >= 15 is 0 Å². The first kappa shape index (κ1) is 15.3. The third kappa shape index (κ3) is 5.29. The van der Waals surface area contributed by atoms with Gasteiger partial charge in [-0.2, -0.15) is 11.8 Å². The summed E-state index contributed by atoms with van der Waals surface area (Å²) in [5.41, 5.74) is 3.08. The third-order valence-corrected chi connectivity index (χ3v) is 3.82. The Labute approximate surface area is 114 Å². The van der Waals surface area contributed by atoms with Crippen LogP contribution in [0.2, 0.25) is 0 Å². The number of rotatable bonds is 8. The fourth-order valence-electron chi connectivity index (χ4n) is 1.79. The molecule has 0 atom stereocenters. The van der Waals surface area contributed by atoms with E-state index in [-0.39, 0.29) is 6.61 Å². The number of hydrogen-bond acceptors (Lipinski definition) is 4. The molecule has 0 aliphatic rings. The minimum Gasteiger partial charge on any atom is -0.507 e. The van der Waals surface area contributed by atoms with Crippen LogP contribution in [0.3, 0.4) is 0 Å². The van der Waals surface area contributed by atoms with E-state index < -0.39 is 0 Å². The van der Waals surface area contributed by atoms with Crippen LogP contribution >= 0.6 is 11.8 Å². The highest BCUT2D eigenvalue weighted by molar-refractivity contribution is 7.99. The van der Waals surface area contributed by atoms with E-state index in [1.807, 2.05) is 37.7 Å². The Morgan fingerprint density at radius 3 is 2.44 bits per heavy atom. The second kappa shape index (κ2) is 8.40. The molecule has 0 heterocycles. The lowest BCUT2D eigenvalue weighted by molar-refractivity contribution is 0.296. The summed E-state index contributed by atoms with van der Waals surface area (Å²) in [6.45, 7) is 5.94. The zero-order valence-corrected chi connectivity index (χ0v) is 12.0. The van der Waals surface area contributed by atoms with Crippen molar-refractivity contribution in [3.05, 3.63) is 28.8 Å². The largest absolute Gasteiger partial charge is 0.507 e. The van der Waals surface area contributed by atoms with Gasteiger partial charge in [0.1, 0.15) is 5.75 Å². The van der Waals surface area contributed by atoms with Gasteiger partial charge in [0.25, 0.3) is 0 Å². The van der Waals surface area contributed by atoms with Gasteiger partial charge in [-0.25, -0.2) is 0 Å². The van der Waals surface area contributed by atoms with Crippen LogP contribution in [0.5, 0.6) is 5.75 Å². The average molecular weight is 269 g/mol. The molecule has 1 aromatic rings. The Morgan fingerprint density at radius 1 is 1.17 bits per heavy atom. The molecule has 0 aliphatic heterocycles. The number of phenols is 1. The summed E-state index contributed by atoms with van der Waals surface area (Å²) < 4.78 is 0. The first-order valence-electron chi connectivity index (χ1n) is 6.33. The van der Waals surface area contributed by atoms with Crippen LogP contribution in [0, 0.1) is 13.8 Å². The fourth-order valence-corrected chi connectivity index (χ4v) is 2.62. The van der Waals surface area contributed by atoms with Crippen molar-refractivity contribution in [3.63, 3.8) is 0 Å². The maximum Gasteiger partial charge on any atom is 0.121 e. The molecular formula is C14H23NO2S. The number of benzene rings is 1. The van der Waals surface area contributed by atoms with Gasteiger partial charge in [0.2, 0.25) is 0 Å². The molecule has 0 saturated carbocycles. The maximum atomic E-state index is 9.68. The number of thioether (sulfide) groups is 1. The molecule has 3 nitrogen and oxygen atoms in total. The molecule has 0 radical (unpaired) electrons. The third-order valence-electron chi connectivity index (χ3n) is 2.75. The summed E-state index contributed by atoms with van der Waals surface area (Å²) in [4.78, 5) is 0.